The van der Waals surface area contributed by atoms with Gasteiger partial charge in [-0.3, -0.25) is 4.79 Å². The lowest BCUT2D eigenvalue weighted by Crippen LogP contribution is -2.30. The van der Waals surface area contributed by atoms with Crippen molar-refractivity contribution in [3.63, 3.8) is 0 Å². The van der Waals surface area contributed by atoms with Crippen LogP contribution in [-0.4, -0.2) is 24.0 Å². The number of benzene rings is 1. The van der Waals surface area contributed by atoms with E-state index >= 15 is 0 Å². The summed E-state index contributed by atoms with van der Waals surface area (Å²) in [5.74, 6) is 0.907. The molecule has 0 bridgehead atoms. The Labute approximate surface area is 129 Å². The molecule has 0 atom stereocenters. The van der Waals surface area contributed by atoms with Gasteiger partial charge in [-0.1, -0.05) is 0 Å². The third-order valence-electron chi connectivity index (χ3n) is 2.95. The summed E-state index contributed by atoms with van der Waals surface area (Å²) >= 11 is 1.60. The van der Waals surface area contributed by atoms with Crippen LogP contribution in [0, 0.1) is 0 Å². The van der Waals surface area contributed by atoms with E-state index in [1.807, 2.05) is 43.5 Å². The van der Waals surface area contributed by atoms with E-state index in [1.165, 1.54) is 0 Å². The average Bonchev–Trinajstić information content (AvgIpc) is 2.93. The van der Waals surface area contributed by atoms with E-state index in [-0.39, 0.29) is 11.9 Å². The number of aryl methyl sites for hydroxylation is 1. The molecule has 1 heterocycles. The van der Waals surface area contributed by atoms with Crippen molar-refractivity contribution in [1.29, 1.82) is 0 Å². The molecule has 5 heteroatoms. The first-order valence-corrected chi connectivity index (χ1v) is 7.84. The second-order valence-corrected chi connectivity index (χ2v) is 5.95. The van der Waals surface area contributed by atoms with Crippen LogP contribution in [-0.2, 0) is 11.2 Å². The highest BCUT2D eigenvalue weighted by molar-refractivity contribution is 7.13. The zero-order chi connectivity index (χ0) is 15.2. The first-order valence-electron chi connectivity index (χ1n) is 6.96. The number of methoxy groups -OCH3 is 1. The minimum atomic E-state index is 0.0731. The highest BCUT2D eigenvalue weighted by atomic mass is 32.1. The van der Waals surface area contributed by atoms with E-state index in [4.69, 9.17) is 4.74 Å². The predicted octanol–water partition coefficient (Wildman–Crippen LogP) is 3.28. The summed E-state index contributed by atoms with van der Waals surface area (Å²) in [5, 5.41) is 5.87. The third-order valence-corrected chi connectivity index (χ3v) is 3.89. The Bertz CT molecular complexity index is 591. The topological polar surface area (TPSA) is 51.2 Å². The molecule has 21 heavy (non-hydrogen) atoms. The summed E-state index contributed by atoms with van der Waals surface area (Å²) in [5.41, 5.74) is 2.03. The number of carbonyl (C=O) groups excluding carboxylic acids is 1. The van der Waals surface area contributed by atoms with E-state index in [0.717, 1.165) is 22.0 Å². The first-order chi connectivity index (χ1) is 10.1. The lowest BCUT2D eigenvalue weighted by atomic mass is 10.2. The van der Waals surface area contributed by atoms with Gasteiger partial charge in [0.25, 0.3) is 0 Å². The molecule has 0 aliphatic rings. The Kier molecular flexibility index (Phi) is 5.33. The number of nitrogens with zero attached hydrogens (tertiary/aromatic N) is 1. The molecule has 0 unspecified atom stereocenters. The Morgan fingerprint density at radius 3 is 2.67 bits per heavy atom. The van der Waals surface area contributed by atoms with Crippen molar-refractivity contribution in [2.45, 2.75) is 32.7 Å². The van der Waals surface area contributed by atoms with Gasteiger partial charge in [0, 0.05) is 23.4 Å². The highest BCUT2D eigenvalue weighted by Crippen LogP contribution is 2.26. The quantitative estimate of drug-likeness (QED) is 0.891. The van der Waals surface area contributed by atoms with E-state index in [9.17, 15) is 4.79 Å². The number of nitrogens with one attached hydrogen (secondary N) is 1. The van der Waals surface area contributed by atoms with Crippen molar-refractivity contribution in [2.24, 2.45) is 0 Å². The minimum absolute atomic E-state index is 0.0731. The molecule has 0 spiro atoms. The van der Waals surface area contributed by atoms with Crippen LogP contribution in [0.15, 0.2) is 29.6 Å². The number of thiazole rings is 1. The van der Waals surface area contributed by atoms with Gasteiger partial charge in [0.15, 0.2) is 0 Å². The molecule has 2 aromatic rings. The monoisotopic (exact) mass is 304 g/mol. The van der Waals surface area contributed by atoms with Crippen molar-refractivity contribution < 1.29 is 9.53 Å². The SMILES string of the molecule is COc1ccc(-c2nc(CCC(=O)NC(C)C)cs2)cc1. The Morgan fingerprint density at radius 1 is 1.33 bits per heavy atom. The summed E-state index contributed by atoms with van der Waals surface area (Å²) in [6, 6.07) is 8.02. The van der Waals surface area contributed by atoms with Crippen LogP contribution in [0.1, 0.15) is 26.0 Å². The Hall–Kier alpha value is -1.88. The number of hydrogen-bond acceptors (Lipinski definition) is 4. The van der Waals surface area contributed by atoms with Crippen molar-refractivity contribution in [3.05, 3.63) is 35.3 Å². The maximum atomic E-state index is 11.6. The third kappa shape index (κ3) is 4.56. The molecular weight excluding hydrogens is 284 g/mol. The van der Waals surface area contributed by atoms with Gasteiger partial charge < -0.3 is 10.1 Å². The van der Waals surface area contributed by atoms with Crippen molar-refractivity contribution >= 4 is 17.2 Å². The summed E-state index contributed by atoms with van der Waals surface area (Å²) in [6.45, 7) is 3.92. The van der Waals surface area contributed by atoms with Crippen LogP contribution in [0.25, 0.3) is 10.6 Å². The molecule has 0 saturated heterocycles. The fourth-order valence-corrected chi connectivity index (χ4v) is 2.78. The van der Waals surface area contributed by atoms with Gasteiger partial charge in [0.2, 0.25) is 5.91 Å². The lowest BCUT2D eigenvalue weighted by Gasteiger charge is -2.06. The number of carbonyl (C=O) groups is 1. The van der Waals surface area contributed by atoms with E-state index in [1.54, 1.807) is 18.4 Å². The molecule has 0 aliphatic heterocycles. The van der Waals surface area contributed by atoms with E-state index < -0.39 is 0 Å². The predicted molar refractivity (Wildman–Crippen MR) is 85.7 cm³/mol. The summed E-state index contributed by atoms with van der Waals surface area (Å²) < 4.78 is 5.15. The van der Waals surface area contributed by atoms with Gasteiger partial charge in [-0.25, -0.2) is 4.98 Å². The van der Waals surface area contributed by atoms with Crippen molar-refractivity contribution in [3.8, 4) is 16.3 Å². The molecule has 0 saturated carbocycles. The van der Waals surface area contributed by atoms with E-state index in [2.05, 4.69) is 10.3 Å². The minimum Gasteiger partial charge on any atom is -0.497 e. The second kappa shape index (κ2) is 7.22. The normalized spacial score (nSPS) is 10.7. The molecule has 1 aromatic carbocycles. The Balaban J connectivity index is 1.96. The molecule has 1 amide bonds. The molecule has 0 radical (unpaired) electrons. The molecule has 112 valence electrons. The molecule has 0 aliphatic carbocycles. The fraction of sp³-hybridized carbons (Fsp3) is 0.375. The molecule has 2 rings (SSSR count). The van der Waals surface area contributed by atoms with Crippen LogP contribution < -0.4 is 10.1 Å². The van der Waals surface area contributed by atoms with Gasteiger partial charge in [-0.15, -0.1) is 11.3 Å². The van der Waals surface area contributed by atoms with Crippen LogP contribution >= 0.6 is 11.3 Å². The van der Waals surface area contributed by atoms with Gasteiger partial charge in [-0.05, 0) is 44.5 Å². The maximum absolute atomic E-state index is 11.6. The molecule has 4 nitrogen and oxygen atoms in total. The summed E-state index contributed by atoms with van der Waals surface area (Å²) in [4.78, 5) is 16.2. The average molecular weight is 304 g/mol. The van der Waals surface area contributed by atoms with Crippen molar-refractivity contribution in [1.82, 2.24) is 10.3 Å². The number of ether oxygens (including phenoxy) is 1. The molecule has 1 aromatic heterocycles. The van der Waals surface area contributed by atoms with Gasteiger partial charge in [-0.2, -0.15) is 0 Å². The van der Waals surface area contributed by atoms with Crippen LogP contribution in [0.5, 0.6) is 5.75 Å². The van der Waals surface area contributed by atoms with Crippen LogP contribution in [0.2, 0.25) is 0 Å². The second-order valence-electron chi connectivity index (χ2n) is 5.09. The fourth-order valence-electron chi connectivity index (χ4n) is 1.92. The summed E-state index contributed by atoms with van der Waals surface area (Å²) in [7, 11) is 1.65. The summed E-state index contributed by atoms with van der Waals surface area (Å²) in [6.07, 6.45) is 1.15. The molecule has 1 N–H and O–H groups in total. The van der Waals surface area contributed by atoms with Crippen molar-refractivity contribution in [2.75, 3.05) is 7.11 Å². The maximum Gasteiger partial charge on any atom is 0.220 e. The van der Waals surface area contributed by atoms with Gasteiger partial charge in [0.05, 0.1) is 12.8 Å². The number of aromatic nitrogens is 1. The molecule has 0 fully saturated rings. The number of rotatable bonds is 6. The highest BCUT2D eigenvalue weighted by Gasteiger charge is 2.08. The van der Waals surface area contributed by atoms with Gasteiger partial charge in [0.1, 0.15) is 10.8 Å². The lowest BCUT2D eigenvalue weighted by molar-refractivity contribution is -0.121. The zero-order valence-electron chi connectivity index (χ0n) is 12.6. The zero-order valence-corrected chi connectivity index (χ0v) is 13.4. The molecular formula is C16H20N2O2S. The Morgan fingerprint density at radius 2 is 2.05 bits per heavy atom. The number of hydrogen-bond donors (Lipinski definition) is 1. The largest absolute Gasteiger partial charge is 0.497 e. The van der Waals surface area contributed by atoms with Crippen LogP contribution in [0.4, 0.5) is 0 Å². The van der Waals surface area contributed by atoms with Crippen LogP contribution in [0.3, 0.4) is 0 Å². The smallest absolute Gasteiger partial charge is 0.220 e. The number of amides is 1. The first kappa shape index (κ1) is 15.5. The van der Waals surface area contributed by atoms with Gasteiger partial charge >= 0.3 is 0 Å². The standard InChI is InChI=1S/C16H20N2O2S/c1-11(2)17-15(19)9-6-13-10-21-16(18-13)12-4-7-14(20-3)8-5-12/h4-5,7-8,10-11H,6,9H2,1-3H3,(H,17,19). The van der Waals surface area contributed by atoms with E-state index in [0.29, 0.717) is 12.8 Å².